The van der Waals surface area contributed by atoms with Crippen LogP contribution in [0.25, 0.3) is 11.0 Å². The van der Waals surface area contributed by atoms with E-state index in [2.05, 4.69) is 0 Å². The summed E-state index contributed by atoms with van der Waals surface area (Å²) in [6, 6.07) is 8.29. The summed E-state index contributed by atoms with van der Waals surface area (Å²) in [5.41, 5.74) is 5.79. The van der Waals surface area contributed by atoms with Gasteiger partial charge < -0.3 is 10.2 Å². The quantitative estimate of drug-likeness (QED) is 0.634. The minimum absolute atomic E-state index is 0.102. The van der Waals surface area contributed by atoms with Gasteiger partial charge in [-0.3, -0.25) is 4.79 Å². The van der Waals surface area contributed by atoms with Gasteiger partial charge in [0.15, 0.2) is 11.3 Å². The molecule has 0 atom stereocenters. The average Bonchev–Trinajstić information content (AvgIpc) is 2.04. The van der Waals surface area contributed by atoms with Crippen molar-refractivity contribution in [2.45, 2.75) is 0 Å². The molecule has 0 fully saturated rings. The van der Waals surface area contributed by atoms with E-state index in [1.807, 2.05) is 0 Å². The van der Waals surface area contributed by atoms with Gasteiger partial charge in [-0.2, -0.15) is 0 Å². The van der Waals surface area contributed by atoms with Crippen molar-refractivity contribution in [3.8, 4) is 0 Å². The van der Waals surface area contributed by atoms with Crippen LogP contribution in [-0.4, -0.2) is 0 Å². The molecule has 3 heteroatoms. The van der Waals surface area contributed by atoms with Crippen molar-refractivity contribution in [2.24, 2.45) is 0 Å². The molecule has 0 aliphatic heterocycles. The molecule has 3 nitrogen and oxygen atoms in total. The minimum atomic E-state index is -0.102. The highest BCUT2D eigenvalue weighted by Crippen LogP contribution is 2.11. The van der Waals surface area contributed by atoms with Crippen LogP contribution >= 0.6 is 0 Å². The Morgan fingerprint density at radius 3 is 2.83 bits per heavy atom. The number of anilines is 1. The molecule has 0 spiro atoms. The second-order valence-corrected chi connectivity index (χ2v) is 2.51. The van der Waals surface area contributed by atoms with Crippen LogP contribution in [0.15, 0.2) is 39.5 Å². The fourth-order valence-electron chi connectivity index (χ4n) is 1.12. The summed E-state index contributed by atoms with van der Waals surface area (Å²) in [6.45, 7) is 0. The molecule has 0 radical (unpaired) electrons. The number of nitrogens with two attached hydrogens (primary N) is 1. The largest absolute Gasteiger partial charge is 0.441 e. The molecule has 0 bridgehead atoms. The topological polar surface area (TPSA) is 56.2 Å². The first kappa shape index (κ1) is 6.91. The third-order valence-corrected chi connectivity index (χ3v) is 1.65. The Kier molecular flexibility index (Phi) is 1.37. The molecule has 0 saturated heterocycles. The highest BCUT2D eigenvalue weighted by Gasteiger charge is 1.99. The van der Waals surface area contributed by atoms with Crippen molar-refractivity contribution in [1.82, 2.24) is 0 Å². The number of nitrogen functional groups attached to an aromatic ring is 1. The molecule has 2 rings (SSSR count). The van der Waals surface area contributed by atoms with Gasteiger partial charge in [-0.1, -0.05) is 12.1 Å². The Morgan fingerprint density at radius 1 is 1.25 bits per heavy atom. The predicted molar refractivity (Wildman–Crippen MR) is 46.9 cm³/mol. The second kappa shape index (κ2) is 2.37. The summed E-state index contributed by atoms with van der Waals surface area (Å²) in [5, 5.41) is 0.562. The summed E-state index contributed by atoms with van der Waals surface area (Å²) < 4.78 is 5.12. The lowest BCUT2D eigenvalue weighted by Crippen LogP contribution is -2.01. The van der Waals surface area contributed by atoms with Gasteiger partial charge in [0.1, 0.15) is 5.58 Å². The van der Waals surface area contributed by atoms with Crippen LogP contribution in [0.2, 0.25) is 0 Å². The van der Waals surface area contributed by atoms with E-state index >= 15 is 0 Å². The maximum atomic E-state index is 11.3. The number of rotatable bonds is 0. The van der Waals surface area contributed by atoms with Crippen LogP contribution in [0.4, 0.5) is 5.88 Å². The first-order valence-electron chi connectivity index (χ1n) is 3.56. The first-order chi connectivity index (χ1) is 5.77. The molecule has 1 aromatic heterocycles. The van der Waals surface area contributed by atoms with Gasteiger partial charge in [0, 0.05) is 6.07 Å². The van der Waals surface area contributed by atoms with E-state index in [1.165, 1.54) is 6.07 Å². The van der Waals surface area contributed by atoms with Gasteiger partial charge in [0.05, 0.1) is 5.39 Å². The van der Waals surface area contributed by atoms with Crippen LogP contribution in [0.1, 0.15) is 0 Å². The van der Waals surface area contributed by atoms with Crippen molar-refractivity contribution in [3.05, 3.63) is 40.6 Å². The molecular formula is C9H7NO2. The fraction of sp³-hybridized carbons (Fsp3) is 0. The van der Waals surface area contributed by atoms with Gasteiger partial charge in [-0.15, -0.1) is 0 Å². The lowest BCUT2D eigenvalue weighted by atomic mass is 10.2. The lowest BCUT2D eigenvalue weighted by molar-refractivity contribution is 0.625. The van der Waals surface area contributed by atoms with E-state index in [0.29, 0.717) is 11.0 Å². The zero-order valence-corrected chi connectivity index (χ0v) is 6.28. The molecule has 0 aliphatic rings. The van der Waals surface area contributed by atoms with Crippen molar-refractivity contribution < 1.29 is 4.42 Å². The van der Waals surface area contributed by atoms with Crippen molar-refractivity contribution >= 4 is 16.9 Å². The molecule has 1 aromatic carbocycles. The number of hydrogen-bond donors (Lipinski definition) is 1. The number of fused-ring (bicyclic) bond motifs is 1. The molecule has 0 unspecified atom stereocenters. The van der Waals surface area contributed by atoms with Gasteiger partial charge in [0.2, 0.25) is 0 Å². The predicted octanol–water partition coefficient (Wildman–Crippen LogP) is 1.38. The molecule has 0 aliphatic carbocycles. The fourth-order valence-corrected chi connectivity index (χ4v) is 1.12. The molecule has 60 valence electrons. The van der Waals surface area contributed by atoms with Crippen LogP contribution in [0.3, 0.4) is 0 Å². The standard InChI is InChI=1S/C9H7NO2/c10-9-5-7(11)6-3-1-2-4-8(6)12-9/h1-5H,10H2. The molecule has 0 amide bonds. The monoisotopic (exact) mass is 161 g/mol. The van der Waals surface area contributed by atoms with E-state index in [-0.39, 0.29) is 11.3 Å². The molecule has 2 aromatic rings. The molecule has 2 N–H and O–H groups in total. The van der Waals surface area contributed by atoms with E-state index in [4.69, 9.17) is 10.2 Å². The van der Waals surface area contributed by atoms with Crippen molar-refractivity contribution in [3.63, 3.8) is 0 Å². The van der Waals surface area contributed by atoms with Gasteiger partial charge in [-0.05, 0) is 12.1 Å². The summed E-state index contributed by atoms with van der Waals surface area (Å²) in [6.07, 6.45) is 0. The highest BCUT2D eigenvalue weighted by atomic mass is 16.3. The Balaban J connectivity index is 2.99. The van der Waals surface area contributed by atoms with Gasteiger partial charge in [0.25, 0.3) is 0 Å². The first-order valence-corrected chi connectivity index (χ1v) is 3.56. The summed E-state index contributed by atoms with van der Waals surface area (Å²) in [4.78, 5) is 11.3. The SMILES string of the molecule is Nc1cc(=O)c2ccccc2o1. The van der Waals surface area contributed by atoms with Crippen LogP contribution in [-0.2, 0) is 0 Å². The van der Waals surface area contributed by atoms with Crippen molar-refractivity contribution in [2.75, 3.05) is 5.73 Å². The Labute approximate surface area is 68.4 Å². The van der Waals surface area contributed by atoms with E-state index < -0.39 is 0 Å². The van der Waals surface area contributed by atoms with Crippen LogP contribution in [0, 0.1) is 0 Å². The van der Waals surface area contributed by atoms with Crippen LogP contribution < -0.4 is 11.2 Å². The zero-order valence-electron chi connectivity index (χ0n) is 6.28. The van der Waals surface area contributed by atoms with Gasteiger partial charge >= 0.3 is 0 Å². The second-order valence-electron chi connectivity index (χ2n) is 2.51. The third-order valence-electron chi connectivity index (χ3n) is 1.65. The van der Waals surface area contributed by atoms with Gasteiger partial charge in [-0.25, -0.2) is 0 Å². The summed E-state index contributed by atoms with van der Waals surface area (Å²) in [5.74, 6) is 0.152. The Hall–Kier alpha value is -1.77. The lowest BCUT2D eigenvalue weighted by Gasteiger charge is -1.95. The number of para-hydroxylation sites is 1. The Morgan fingerprint density at radius 2 is 2.00 bits per heavy atom. The summed E-state index contributed by atoms with van der Waals surface area (Å²) >= 11 is 0. The average molecular weight is 161 g/mol. The van der Waals surface area contributed by atoms with E-state index in [1.54, 1.807) is 24.3 Å². The maximum Gasteiger partial charge on any atom is 0.194 e. The number of hydrogen-bond acceptors (Lipinski definition) is 3. The zero-order chi connectivity index (χ0) is 8.55. The molecular weight excluding hydrogens is 154 g/mol. The maximum absolute atomic E-state index is 11.3. The molecule has 1 heterocycles. The van der Waals surface area contributed by atoms with Crippen molar-refractivity contribution in [1.29, 1.82) is 0 Å². The minimum Gasteiger partial charge on any atom is -0.441 e. The Bertz CT molecular complexity index is 473. The smallest absolute Gasteiger partial charge is 0.194 e. The molecule has 0 saturated carbocycles. The summed E-state index contributed by atoms with van der Waals surface area (Å²) in [7, 11) is 0. The number of benzene rings is 1. The highest BCUT2D eigenvalue weighted by molar-refractivity contribution is 5.76. The van der Waals surface area contributed by atoms with E-state index in [9.17, 15) is 4.79 Å². The van der Waals surface area contributed by atoms with Crippen LogP contribution in [0.5, 0.6) is 0 Å². The third kappa shape index (κ3) is 0.955. The normalized spacial score (nSPS) is 10.3. The van der Waals surface area contributed by atoms with E-state index in [0.717, 1.165) is 0 Å². The molecule has 12 heavy (non-hydrogen) atoms.